The van der Waals surface area contributed by atoms with E-state index < -0.39 is 23.6 Å². The van der Waals surface area contributed by atoms with Gasteiger partial charge < -0.3 is 19.4 Å². The largest absolute Gasteiger partial charge is 0.389 e. The molecule has 3 N–H and O–H groups in total. The Balaban J connectivity index is 1.70. The molecule has 0 fully saturated rings. The third-order valence-corrected chi connectivity index (χ3v) is 5.88. The topological polar surface area (TPSA) is 131 Å². The highest BCUT2D eigenvalue weighted by Gasteiger charge is 2.34. The molecule has 0 saturated heterocycles. The van der Waals surface area contributed by atoms with Crippen LogP contribution in [-0.4, -0.2) is 57.1 Å². The van der Waals surface area contributed by atoms with Crippen LogP contribution in [-0.2, 0) is 6.42 Å². The number of hydrogen-bond donors (Lipinski definition) is 3. The summed E-state index contributed by atoms with van der Waals surface area (Å²) in [4.78, 5) is 33.1. The summed E-state index contributed by atoms with van der Waals surface area (Å²) in [5, 5.41) is 20.6. The summed E-state index contributed by atoms with van der Waals surface area (Å²) < 4.78 is 5.38. The highest BCUT2D eigenvalue weighted by molar-refractivity contribution is 6.05. The van der Waals surface area contributed by atoms with E-state index in [0.29, 0.717) is 17.9 Å². The maximum absolute atomic E-state index is 13.7. The Morgan fingerprint density at radius 1 is 1.06 bits per heavy atom. The van der Waals surface area contributed by atoms with Gasteiger partial charge in [0.05, 0.1) is 18.7 Å². The molecular formula is C26H30N6O4. The van der Waals surface area contributed by atoms with Gasteiger partial charge in [-0.25, -0.2) is 0 Å². The van der Waals surface area contributed by atoms with Crippen molar-refractivity contribution in [2.75, 3.05) is 23.4 Å². The van der Waals surface area contributed by atoms with Crippen LogP contribution in [0.25, 0.3) is 0 Å². The number of carbonyl (C=O) groups is 1. The van der Waals surface area contributed by atoms with Gasteiger partial charge in [0.15, 0.2) is 5.82 Å². The number of H-pyrrole nitrogens is 2. The van der Waals surface area contributed by atoms with E-state index in [1.807, 2.05) is 62.4 Å². The van der Waals surface area contributed by atoms with E-state index in [0.717, 1.165) is 5.56 Å². The lowest BCUT2D eigenvalue weighted by Gasteiger charge is -2.36. The van der Waals surface area contributed by atoms with Crippen LogP contribution in [0.2, 0.25) is 0 Å². The van der Waals surface area contributed by atoms with Gasteiger partial charge >= 0.3 is 6.01 Å². The zero-order chi connectivity index (χ0) is 25.7. The second-order valence-electron chi connectivity index (χ2n) is 8.98. The third-order valence-electron chi connectivity index (χ3n) is 5.88. The smallest absolute Gasteiger partial charge is 0.323 e. The fraction of sp³-hybridized carbons (Fsp3) is 0.308. The molecule has 0 aliphatic rings. The molecule has 10 nitrogen and oxygen atoms in total. The lowest BCUT2D eigenvalue weighted by molar-refractivity contribution is 0.0910. The van der Waals surface area contributed by atoms with E-state index in [-0.39, 0.29) is 24.2 Å². The van der Waals surface area contributed by atoms with Crippen molar-refractivity contribution >= 4 is 17.6 Å². The second kappa shape index (κ2) is 11.0. The van der Waals surface area contributed by atoms with E-state index in [9.17, 15) is 14.7 Å². The van der Waals surface area contributed by atoms with Crippen molar-refractivity contribution in [3.63, 3.8) is 0 Å². The minimum Gasteiger partial charge on any atom is -0.389 e. The Bertz CT molecular complexity index is 1310. The summed E-state index contributed by atoms with van der Waals surface area (Å²) in [6.45, 7) is 4.06. The highest BCUT2D eigenvalue weighted by atomic mass is 16.5. The lowest BCUT2D eigenvalue weighted by atomic mass is 9.98. The monoisotopic (exact) mass is 490 g/mol. The molecule has 0 aliphatic heterocycles. The molecule has 0 aliphatic carbocycles. The van der Waals surface area contributed by atoms with E-state index in [2.05, 4.69) is 20.3 Å². The van der Waals surface area contributed by atoms with E-state index in [1.165, 1.54) is 11.0 Å². The predicted molar refractivity (Wildman–Crippen MR) is 136 cm³/mol. The number of anilines is 2. The summed E-state index contributed by atoms with van der Waals surface area (Å²) in [6.07, 6.45) is -0.647. The van der Waals surface area contributed by atoms with Gasteiger partial charge in [0.1, 0.15) is 5.69 Å². The highest BCUT2D eigenvalue weighted by Crippen LogP contribution is 2.25. The van der Waals surface area contributed by atoms with E-state index in [1.54, 1.807) is 24.1 Å². The van der Waals surface area contributed by atoms with Crippen LogP contribution >= 0.6 is 0 Å². The van der Waals surface area contributed by atoms with Gasteiger partial charge in [-0.1, -0.05) is 67.5 Å². The van der Waals surface area contributed by atoms with E-state index >= 15 is 0 Å². The SMILES string of the molecule is CC(C)c1noc(N(C)C[C@@H](O)[C@H](Cc2ccccc2)N(C(=O)c2cc(=O)[nH][nH]2)c2ccccc2)n1. The lowest BCUT2D eigenvalue weighted by Crippen LogP contribution is -2.52. The number of nitrogens with zero attached hydrogens (tertiary/aromatic N) is 4. The molecule has 2 atom stereocenters. The molecule has 0 saturated carbocycles. The number of aliphatic hydroxyl groups excluding tert-OH is 1. The molecule has 0 unspecified atom stereocenters. The Labute approximate surface area is 208 Å². The number of hydrogen-bond acceptors (Lipinski definition) is 7. The first kappa shape index (κ1) is 24.9. The Morgan fingerprint density at radius 2 is 1.72 bits per heavy atom. The number of benzene rings is 2. The molecule has 0 spiro atoms. The molecule has 2 aromatic heterocycles. The molecule has 2 aromatic carbocycles. The molecule has 4 rings (SSSR count). The first-order valence-electron chi connectivity index (χ1n) is 11.8. The van der Waals surface area contributed by atoms with Crippen molar-refractivity contribution in [3.05, 3.63) is 94.2 Å². The van der Waals surface area contributed by atoms with Crippen LogP contribution in [0.15, 0.2) is 76.0 Å². The van der Waals surface area contributed by atoms with Crippen LogP contribution in [0.5, 0.6) is 0 Å². The summed E-state index contributed by atoms with van der Waals surface area (Å²) in [5.41, 5.74) is 1.22. The normalized spacial score (nSPS) is 12.9. The summed E-state index contributed by atoms with van der Waals surface area (Å²) >= 11 is 0. The van der Waals surface area contributed by atoms with Gasteiger partial charge in [-0.15, -0.1) is 0 Å². The fourth-order valence-electron chi connectivity index (χ4n) is 3.98. The zero-order valence-electron chi connectivity index (χ0n) is 20.5. The van der Waals surface area contributed by atoms with Gasteiger partial charge in [0.25, 0.3) is 11.5 Å². The van der Waals surface area contributed by atoms with Crippen molar-refractivity contribution in [1.29, 1.82) is 0 Å². The van der Waals surface area contributed by atoms with Crippen LogP contribution in [0.3, 0.4) is 0 Å². The number of likely N-dealkylation sites (N-methyl/N-ethyl adjacent to an activating group) is 1. The van der Waals surface area contributed by atoms with Crippen molar-refractivity contribution in [2.45, 2.75) is 38.3 Å². The minimum atomic E-state index is -1.01. The number of para-hydroxylation sites is 1. The molecule has 36 heavy (non-hydrogen) atoms. The van der Waals surface area contributed by atoms with Crippen molar-refractivity contribution in [3.8, 4) is 0 Å². The van der Waals surface area contributed by atoms with Gasteiger partial charge in [-0.3, -0.25) is 19.8 Å². The molecule has 4 aromatic rings. The number of aliphatic hydroxyl groups is 1. The van der Waals surface area contributed by atoms with Crippen molar-refractivity contribution in [2.24, 2.45) is 0 Å². The van der Waals surface area contributed by atoms with Gasteiger partial charge in [0.2, 0.25) is 0 Å². The predicted octanol–water partition coefficient (Wildman–Crippen LogP) is 2.96. The quantitative estimate of drug-likeness (QED) is 0.311. The van der Waals surface area contributed by atoms with Gasteiger partial charge in [-0.2, -0.15) is 4.98 Å². The number of aromatic nitrogens is 4. The number of rotatable bonds is 10. The number of amides is 1. The number of aromatic amines is 2. The molecular weight excluding hydrogens is 460 g/mol. The maximum atomic E-state index is 13.7. The van der Waals surface area contributed by atoms with Crippen molar-refractivity contribution < 1.29 is 14.4 Å². The minimum absolute atomic E-state index is 0.0981. The van der Waals surface area contributed by atoms with Crippen molar-refractivity contribution in [1.82, 2.24) is 20.3 Å². The summed E-state index contributed by atoms with van der Waals surface area (Å²) in [6, 6.07) is 19.5. The standard InChI is InChI=1S/C26H30N6O4/c1-17(2)24-27-26(36-30-24)31(3)16-22(33)21(14-18-10-6-4-7-11-18)32(19-12-8-5-9-13-19)25(35)20-15-23(34)29-28-20/h4-13,15,17,21-22,33H,14,16H2,1-3H3,(H2,28,29,34)/t21-,22+/m0/s1. The zero-order valence-corrected chi connectivity index (χ0v) is 20.5. The fourth-order valence-corrected chi connectivity index (χ4v) is 3.98. The third kappa shape index (κ3) is 5.72. The average Bonchev–Trinajstić information content (AvgIpc) is 3.55. The molecule has 0 bridgehead atoms. The van der Waals surface area contributed by atoms with Crippen LogP contribution in [0, 0.1) is 0 Å². The molecule has 1 amide bonds. The number of carbonyl (C=O) groups excluding carboxylic acids is 1. The van der Waals surface area contributed by atoms with Gasteiger partial charge in [-0.05, 0) is 24.1 Å². The van der Waals surface area contributed by atoms with Crippen LogP contribution < -0.4 is 15.4 Å². The van der Waals surface area contributed by atoms with Crippen LogP contribution in [0.4, 0.5) is 11.7 Å². The first-order valence-corrected chi connectivity index (χ1v) is 11.8. The molecule has 2 heterocycles. The molecule has 10 heteroatoms. The second-order valence-corrected chi connectivity index (χ2v) is 8.98. The van der Waals surface area contributed by atoms with Crippen LogP contribution in [0.1, 0.15) is 41.6 Å². The summed E-state index contributed by atoms with van der Waals surface area (Å²) in [5.74, 6) is 0.230. The average molecular weight is 491 g/mol. The Morgan fingerprint density at radius 3 is 2.31 bits per heavy atom. The Hall–Kier alpha value is -4.18. The molecule has 0 radical (unpaired) electrons. The summed E-state index contributed by atoms with van der Waals surface area (Å²) in [7, 11) is 1.75. The first-order chi connectivity index (χ1) is 17.3. The van der Waals surface area contributed by atoms with Gasteiger partial charge in [0, 0.05) is 24.7 Å². The molecule has 188 valence electrons. The maximum Gasteiger partial charge on any atom is 0.323 e. The van der Waals surface area contributed by atoms with E-state index in [4.69, 9.17) is 4.52 Å². The number of nitrogens with one attached hydrogen (secondary N) is 2. The Kier molecular flexibility index (Phi) is 7.65.